The lowest BCUT2D eigenvalue weighted by molar-refractivity contribution is 0.317. The van der Waals surface area contributed by atoms with Gasteiger partial charge in [-0.2, -0.15) is 0 Å². The molecule has 0 N–H and O–H groups in total. The molecule has 0 saturated heterocycles. The van der Waals surface area contributed by atoms with Gasteiger partial charge in [0.1, 0.15) is 5.75 Å². The summed E-state index contributed by atoms with van der Waals surface area (Å²) in [5, 5.41) is 0. The monoisotopic (exact) mass is 220 g/mol. The van der Waals surface area contributed by atoms with E-state index < -0.39 is 0 Å². The van der Waals surface area contributed by atoms with E-state index in [9.17, 15) is 0 Å². The minimum atomic E-state index is 0.713. The Hall–Kier alpha value is -0.980. The van der Waals surface area contributed by atoms with Gasteiger partial charge >= 0.3 is 0 Å². The van der Waals surface area contributed by atoms with Crippen molar-refractivity contribution in [2.75, 3.05) is 6.61 Å². The van der Waals surface area contributed by atoms with E-state index in [0.29, 0.717) is 5.92 Å². The van der Waals surface area contributed by atoms with Crippen molar-refractivity contribution in [2.45, 2.75) is 52.4 Å². The molecule has 0 amide bonds. The van der Waals surface area contributed by atoms with E-state index in [1.54, 1.807) is 0 Å². The molecule has 0 aliphatic heterocycles. The molecular weight excluding hydrogens is 196 g/mol. The maximum atomic E-state index is 5.58. The van der Waals surface area contributed by atoms with Gasteiger partial charge in [0.25, 0.3) is 0 Å². The fourth-order valence-electron chi connectivity index (χ4n) is 2.01. The van der Waals surface area contributed by atoms with Gasteiger partial charge in [0.2, 0.25) is 0 Å². The van der Waals surface area contributed by atoms with Crippen LogP contribution in [0, 0.1) is 0 Å². The molecule has 0 spiro atoms. The van der Waals surface area contributed by atoms with Crippen LogP contribution in [-0.4, -0.2) is 6.61 Å². The van der Waals surface area contributed by atoms with E-state index in [2.05, 4.69) is 45.0 Å². The zero-order valence-electron chi connectivity index (χ0n) is 10.8. The van der Waals surface area contributed by atoms with Crippen LogP contribution in [0.4, 0.5) is 0 Å². The van der Waals surface area contributed by atoms with E-state index in [1.165, 1.54) is 24.8 Å². The van der Waals surface area contributed by atoms with Crippen molar-refractivity contribution in [2.24, 2.45) is 0 Å². The van der Waals surface area contributed by atoms with Crippen LogP contribution in [0.3, 0.4) is 0 Å². The first kappa shape index (κ1) is 13.1. The van der Waals surface area contributed by atoms with Crippen LogP contribution in [0.2, 0.25) is 0 Å². The second-order valence-corrected chi connectivity index (χ2v) is 4.31. The zero-order chi connectivity index (χ0) is 11.8. The average molecular weight is 220 g/mol. The molecule has 0 aliphatic rings. The van der Waals surface area contributed by atoms with Crippen molar-refractivity contribution >= 4 is 0 Å². The first-order valence-corrected chi connectivity index (χ1v) is 6.54. The van der Waals surface area contributed by atoms with E-state index in [4.69, 9.17) is 4.74 Å². The average Bonchev–Trinajstić information content (AvgIpc) is 2.34. The molecule has 1 rings (SSSR count). The quantitative estimate of drug-likeness (QED) is 0.643. The summed E-state index contributed by atoms with van der Waals surface area (Å²) in [6, 6.07) is 8.64. The van der Waals surface area contributed by atoms with Gasteiger partial charge in [-0.3, -0.25) is 0 Å². The number of hydrogen-bond donors (Lipinski definition) is 0. The number of hydrogen-bond acceptors (Lipinski definition) is 1. The Kier molecular flexibility index (Phi) is 5.99. The second kappa shape index (κ2) is 7.32. The summed E-state index contributed by atoms with van der Waals surface area (Å²) in [5.41, 5.74) is 1.45. The molecule has 0 aromatic heterocycles. The molecule has 1 heteroatoms. The molecule has 1 unspecified atom stereocenters. The molecule has 16 heavy (non-hydrogen) atoms. The smallest absolute Gasteiger partial charge is 0.119 e. The summed E-state index contributed by atoms with van der Waals surface area (Å²) in [4.78, 5) is 0. The Morgan fingerprint density at radius 2 is 1.69 bits per heavy atom. The Morgan fingerprint density at radius 1 is 1.00 bits per heavy atom. The normalized spacial score (nSPS) is 12.4. The molecule has 1 aromatic rings. The summed E-state index contributed by atoms with van der Waals surface area (Å²) in [6.45, 7) is 7.46. The molecule has 1 aromatic carbocycles. The molecule has 0 bridgehead atoms. The highest BCUT2D eigenvalue weighted by Gasteiger charge is 2.07. The van der Waals surface area contributed by atoms with Crippen molar-refractivity contribution in [1.82, 2.24) is 0 Å². The Bertz CT molecular complexity index is 276. The lowest BCUT2D eigenvalue weighted by atomic mass is 9.92. The Balaban J connectivity index is 2.61. The maximum Gasteiger partial charge on any atom is 0.119 e. The zero-order valence-corrected chi connectivity index (χ0v) is 10.8. The first-order chi connectivity index (χ1) is 7.81. The van der Waals surface area contributed by atoms with Crippen LogP contribution in [0.25, 0.3) is 0 Å². The lowest BCUT2D eigenvalue weighted by Gasteiger charge is -2.14. The Morgan fingerprint density at radius 3 is 2.19 bits per heavy atom. The standard InChI is InChI=1S/C15H24O/c1-4-7-13(6-3)14-8-10-15(11-9-14)16-12-5-2/h8-11,13H,4-7,12H2,1-3H3. The molecule has 0 fully saturated rings. The van der Waals surface area contributed by atoms with Gasteiger partial charge in [-0.1, -0.05) is 39.3 Å². The van der Waals surface area contributed by atoms with Crippen molar-refractivity contribution in [3.05, 3.63) is 29.8 Å². The summed E-state index contributed by atoms with van der Waals surface area (Å²) < 4.78 is 5.58. The van der Waals surface area contributed by atoms with E-state index >= 15 is 0 Å². The highest BCUT2D eigenvalue weighted by molar-refractivity contribution is 5.29. The van der Waals surface area contributed by atoms with Gasteiger partial charge < -0.3 is 4.74 Å². The van der Waals surface area contributed by atoms with Crippen molar-refractivity contribution < 1.29 is 4.74 Å². The molecule has 1 atom stereocenters. The highest BCUT2D eigenvalue weighted by Crippen LogP contribution is 2.26. The van der Waals surface area contributed by atoms with Gasteiger partial charge in [-0.15, -0.1) is 0 Å². The highest BCUT2D eigenvalue weighted by atomic mass is 16.5. The van der Waals surface area contributed by atoms with E-state index in [0.717, 1.165) is 18.8 Å². The summed E-state index contributed by atoms with van der Waals surface area (Å²) in [5.74, 6) is 1.71. The number of benzene rings is 1. The topological polar surface area (TPSA) is 9.23 Å². The Labute approximate surface area is 99.8 Å². The maximum absolute atomic E-state index is 5.58. The summed E-state index contributed by atoms with van der Waals surface area (Å²) in [6.07, 6.45) is 4.83. The third-order valence-corrected chi connectivity index (χ3v) is 2.95. The van der Waals surface area contributed by atoms with Gasteiger partial charge in [0.15, 0.2) is 0 Å². The third-order valence-electron chi connectivity index (χ3n) is 2.95. The minimum absolute atomic E-state index is 0.713. The van der Waals surface area contributed by atoms with Gasteiger partial charge in [0.05, 0.1) is 6.61 Å². The van der Waals surface area contributed by atoms with Gasteiger partial charge in [0, 0.05) is 0 Å². The van der Waals surface area contributed by atoms with Crippen LogP contribution >= 0.6 is 0 Å². The largest absolute Gasteiger partial charge is 0.494 e. The fraction of sp³-hybridized carbons (Fsp3) is 0.600. The minimum Gasteiger partial charge on any atom is -0.494 e. The van der Waals surface area contributed by atoms with Crippen LogP contribution in [0.1, 0.15) is 57.9 Å². The lowest BCUT2D eigenvalue weighted by Crippen LogP contribution is -1.98. The second-order valence-electron chi connectivity index (χ2n) is 4.31. The summed E-state index contributed by atoms with van der Waals surface area (Å²) >= 11 is 0. The van der Waals surface area contributed by atoms with Crippen molar-refractivity contribution in [1.29, 1.82) is 0 Å². The third kappa shape index (κ3) is 3.88. The molecule has 0 heterocycles. The van der Waals surface area contributed by atoms with E-state index in [1.807, 2.05) is 0 Å². The van der Waals surface area contributed by atoms with Gasteiger partial charge in [-0.05, 0) is 42.9 Å². The number of ether oxygens (including phenoxy) is 1. The van der Waals surface area contributed by atoms with Crippen LogP contribution in [0.5, 0.6) is 5.75 Å². The SMILES string of the molecule is CCCOc1ccc(C(CC)CCC)cc1. The first-order valence-electron chi connectivity index (χ1n) is 6.54. The molecule has 1 nitrogen and oxygen atoms in total. The van der Waals surface area contributed by atoms with Crippen LogP contribution < -0.4 is 4.74 Å². The van der Waals surface area contributed by atoms with Crippen LogP contribution in [0.15, 0.2) is 24.3 Å². The fourth-order valence-corrected chi connectivity index (χ4v) is 2.01. The number of rotatable bonds is 7. The van der Waals surface area contributed by atoms with Crippen molar-refractivity contribution in [3.8, 4) is 5.75 Å². The molecule has 0 saturated carbocycles. The van der Waals surface area contributed by atoms with E-state index in [-0.39, 0.29) is 0 Å². The predicted octanol–water partition coefficient (Wildman–Crippen LogP) is 4.77. The van der Waals surface area contributed by atoms with Crippen molar-refractivity contribution in [3.63, 3.8) is 0 Å². The summed E-state index contributed by atoms with van der Waals surface area (Å²) in [7, 11) is 0. The molecule has 90 valence electrons. The van der Waals surface area contributed by atoms with Gasteiger partial charge in [-0.25, -0.2) is 0 Å². The predicted molar refractivity (Wildman–Crippen MR) is 70.2 cm³/mol. The molecule has 0 radical (unpaired) electrons. The molecular formula is C15H24O. The van der Waals surface area contributed by atoms with Crippen LogP contribution in [-0.2, 0) is 0 Å². The molecule has 0 aliphatic carbocycles.